The van der Waals surface area contributed by atoms with Crippen LogP contribution in [-0.2, 0) is 9.53 Å². The number of nitrogens with two attached hydrogens (primary N) is 1. The first-order valence-corrected chi connectivity index (χ1v) is 6.74. The Hall–Kier alpha value is -0.830. The fraction of sp³-hybridized carbons (Fsp3) is 0.786. The molecule has 1 rings (SSSR count). The fourth-order valence-corrected chi connectivity index (χ4v) is 2.39. The molecule has 1 aliphatic rings. The third kappa shape index (κ3) is 4.90. The number of ether oxygens (including phenoxy) is 1. The maximum atomic E-state index is 11.7. The molecule has 0 radical (unpaired) electrons. The molecule has 0 unspecified atom stereocenters. The molecule has 98 valence electrons. The van der Waals surface area contributed by atoms with Crippen LogP contribution in [-0.4, -0.2) is 24.7 Å². The van der Waals surface area contributed by atoms with E-state index in [4.69, 9.17) is 4.74 Å². The average Bonchev–Trinajstić information content (AvgIpc) is 2.30. The first-order valence-electron chi connectivity index (χ1n) is 6.74. The van der Waals surface area contributed by atoms with Gasteiger partial charge in [0.25, 0.3) is 0 Å². The second-order valence-electron chi connectivity index (χ2n) is 5.30. The maximum Gasteiger partial charge on any atom is 0.310 e. The largest absolute Gasteiger partial charge is 0.459 e. The number of esters is 1. The van der Waals surface area contributed by atoms with Gasteiger partial charge in [0, 0.05) is 18.8 Å². The Balaban J connectivity index is 2.41. The van der Waals surface area contributed by atoms with Crippen LogP contribution in [0.4, 0.5) is 0 Å². The highest BCUT2D eigenvalue weighted by Crippen LogP contribution is 2.28. The standard InChI is InChI=1S/C14H25NO2/c1-4-5-6-7-13(16)17-14(2,3)12-8-10-15-11-9-12/h5-6,12,15H,4,7-11H2,1-3H3/p+1/b6-5-. The van der Waals surface area contributed by atoms with Crippen molar-refractivity contribution in [2.24, 2.45) is 5.92 Å². The van der Waals surface area contributed by atoms with E-state index in [2.05, 4.69) is 12.2 Å². The molecule has 0 aliphatic carbocycles. The van der Waals surface area contributed by atoms with Crippen molar-refractivity contribution < 1.29 is 14.8 Å². The summed E-state index contributed by atoms with van der Waals surface area (Å²) >= 11 is 0. The molecule has 0 amide bonds. The fourth-order valence-electron chi connectivity index (χ4n) is 2.39. The molecular weight excluding hydrogens is 214 g/mol. The smallest absolute Gasteiger partial charge is 0.310 e. The van der Waals surface area contributed by atoms with Gasteiger partial charge in [-0.25, -0.2) is 0 Å². The summed E-state index contributed by atoms with van der Waals surface area (Å²) in [6, 6.07) is 0. The van der Waals surface area contributed by atoms with Crippen molar-refractivity contribution in [2.45, 2.75) is 52.1 Å². The summed E-state index contributed by atoms with van der Waals surface area (Å²) in [5, 5.41) is 2.33. The third-order valence-corrected chi connectivity index (χ3v) is 3.49. The number of quaternary nitrogens is 1. The van der Waals surface area contributed by atoms with Gasteiger partial charge in [-0.05, 0) is 20.3 Å². The number of carbonyl (C=O) groups excluding carboxylic acids is 1. The van der Waals surface area contributed by atoms with Crippen molar-refractivity contribution in [3.8, 4) is 0 Å². The van der Waals surface area contributed by atoms with Crippen LogP contribution in [0.15, 0.2) is 12.2 Å². The zero-order chi connectivity index (χ0) is 12.7. The van der Waals surface area contributed by atoms with Gasteiger partial charge in [-0.2, -0.15) is 0 Å². The third-order valence-electron chi connectivity index (χ3n) is 3.49. The van der Waals surface area contributed by atoms with E-state index < -0.39 is 0 Å². The summed E-state index contributed by atoms with van der Waals surface area (Å²) in [6.45, 7) is 8.46. The molecule has 0 bridgehead atoms. The van der Waals surface area contributed by atoms with E-state index in [1.165, 1.54) is 0 Å². The number of carbonyl (C=O) groups is 1. The van der Waals surface area contributed by atoms with Gasteiger partial charge < -0.3 is 10.1 Å². The molecule has 3 heteroatoms. The highest BCUT2D eigenvalue weighted by atomic mass is 16.6. The molecule has 1 fully saturated rings. The lowest BCUT2D eigenvalue weighted by atomic mass is 9.83. The molecule has 1 saturated heterocycles. The van der Waals surface area contributed by atoms with Crippen molar-refractivity contribution in [3.63, 3.8) is 0 Å². The molecule has 0 aromatic heterocycles. The number of hydrogen-bond donors (Lipinski definition) is 1. The molecule has 3 nitrogen and oxygen atoms in total. The molecule has 0 saturated carbocycles. The first-order chi connectivity index (χ1) is 8.06. The van der Waals surface area contributed by atoms with Gasteiger partial charge in [-0.3, -0.25) is 4.79 Å². The van der Waals surface area contributed by atoms with Crippen molar-refractivity contribution in [3.05, 3.63) is 12.2 Å². The van der Waals surface area contributed by atoms with Crippen LogP contribution in [0.5, 0.6) is 0 Å². The molecule has 0 aromatic carbocycles. The van der Waals surface area contributed by atoms with Gasteiger partial charge in [-0.1, -0.05) is 19.1 Å². The quantitative estimate of drug-likeness (QED) is 0.586. The van der Waals surface area contributed by atoms with Gasteiger partial charge in [0.15, 0.2) is 0 Å². The minimum absolute atomic E-state index is 0.103. The normalized spacial score (nSPS) is 18.5. The van der Waals surface area contributed by atoms with Crippen LogP contribution >= 0.6 is 0 Å². The van der Waals surface area contributed by atoms with E-state index in [0.29, 0.717) is 12.3 Å². The average molecular weight is 240 g/mol. The van der Waals surface area contributed by atoms with Crippen molar-refractivity contribution >= 4 is 5.97 Å². The lowest BCUT2D eigenvalue weighted by molar-refractivity contribution is -0.665. The van der Waals surface area contributed by atoms with E-state index in [-0.39, 0.29) is 11.6 Å². The van der Waals surface area contributed by atoms with E-state index in [1.54, 1.807) is 0 Å². The molecular formula is C14H26NO2+. The van der Waals surface area contributed by atoms with Crippen LogP contribution in [0.25, 0.3) is 0 Å². The molecule has 1 heterocycles. The second-order valence-corrected chi connectivity index (χ2v) is 5.30. The molecule has 1 aliphatic heterocycles. The minimum atomic E-state index is -0.314. The van der Waals surface area contributed by atoms with Gasteiger partial charge in [0.05, 0.1) is 19.5 Å². The summed E-state index contributed by atoms with van der Waals surface area (Å²) in [6.07, 6.45) is 7.55. The summed E-state index contributed by atoms with van der Waals surface area (Å²) in [4.78, 5) is 11.7. The molecule has 0 aromatic rings. The predicted molar refractivity (Wildman–Crippen MR) is 68.6 cm³/mol. The number of hydrogen-bond acceptors (Lipinski definition) is 2. The summed E-state index contributed by atoms with van der Waals surface area (Å²) in [7, 11) is 0. The Morgan fingerprint density at radius 1 is 1.35 bits per heavy atom. The first kappa shape index (κ1) is 14.2. The Labute approximate surface area is 105 Å². The number of piperidine rings is 1. The lowest BCUT2D eigenvalue weighted by Gasteiger charge is -2.35. The molecule has 0 spiro atoms. The van der Waals surface area contributed by atoms with E-state index in [9.17, 15) is 4.79 Å². The van der Waals surface area contributed by atoms with Crippen molar-refractivity contribution in [1.82, 2.24) is 0 Å². The van der Waals surface area contributed by atoms with Crippen LogP contribution in [0.3, 0.4) is 0 Å². The van der Waals surface area contributed by atoms with Crippen LogP contribution in [0.2, 0.25) is 0 Å². The summed E-state index contributed by atoms with van der Waals surface area (Å²) in [5.41, 5.74) is -0.314. The van der Waals surface area contributed by atoms with E-state index >= 15 is 0 Å². The summed E-state index contributed by atoms with van der Waals surface area (Å²) in [5.74, 6) is 0.404. The minimum Gasteiger partial charge on any atom is -0.459 e. The van der Waals surface area contributed by atoms with Crippen molar-refractivity contribution in [2.75, 3.05) is 13.1 Å². The van der Waals surface area contributed by atoms with E-state index in [1.807, 2.05) is 26.0 Å². The summed E-state index contributed by atoms with van der Waals surface area (Å²) < 4.78 is 5.62. The number of rotatable bonds is 5. The highest BCUT2D eigenvalue weighted by molar-refractivity contribution is 5.71. The SMILES string of the molecule is CC/C=C\CC(=O)OC(C)(C)C1CC[NH2+]CC1. The number of allylic oxidation sites excluding steroid dienone is 1. The van der Waals surface area contributed by atoms with Gasteiger partial charge >= 0.3 is 5.97 Å². The Morgan fingerprint density at radius 3 is 2.59 bits per heavy atom. The van der Waals surface area contributed by atoms with Crippen molar-refractivity contribution in [1.29, 1.82) is 0 Å². The second kappa shape index (κ2) is 6.80. The Kier molecular flexibility index (Phi) is 5.69. The maximum absolute atomic E-state index is 11.7. The van der Waals surface area contributed by atoms with Gasteiger partial charge in [0.2, 0.25) is 0 Å². The van der Waals surface area contributed by atoms with Crippen LogP contribution < -0.4 is 5.32 Å². The zero-order valence-corrected chi connectivity index (χ0v) is 11.4. The van der Waals surface area contributed by atoms with Crippen LogP contribution in [0, 0.1) is 5.92 Å². The highest BCUT2D eigenvalue weighted by Gasteiger charge is 2.34. The van der Waals surface area contributed by atoms with E-state index in [0.717, 1.165) is 32.4 Å². The molecule has 2 N–H and O–H groups in total. The molecule has 0 atom stereocenters. The lowest BCUT2D eigenvalue weighted by Crippen LogP contribution is -2.86. The van der Waals surface area contributed by atoms with Gasteiger partial charge in [0.1, 0.15) is 5.60 Å². The zero-order valence-electron chi connectivity index (χ0n) is 11.4. The Bertz CT molecular complexity index is 265. The Morgan fingerprint density at radius 2 is 2.00 bits per heavy atom. The van der Waals surface area contributed by atoms with Gasteiger partial charge in [-0.15, -0.1) is 0 Å². The monoisotopic (exact) mass is 240 g/mol. The molecule has 17 heavy (non-hydrogen) atoms. The predicted octanol–water partition coefficient (Wildman–Crippen LogP) is 1.64. The topological polar surface area (TPSA) is 42.9 Å². The van der Waals surface area contributed by atoms with Crippen LogP contribution in [0.1, 0.15) is 46.5 Å².